The SMILES string of the molecule is O=C(NC1CCC(c2c[nH]c3ncc4ncccc4c23)CC1)N1CCCC(COc2ccc(Cl)cc2)C1. The zero-order chi connectivity index (χ0) is 25.2. The zero-order valence-corrected chi connectivity index (χ0v) is 21.6. The predicted molar refractivity (Wildman–Crippen MR) is 146 cm³/mol. The summed E-state index contributed by atoms with van der Waals surface area (Å²) in [5.41, 5.74) is 3.17. The number of carbonyl (C=O) groups excluding carboxylic acids is 1. The van der Waals surface area contributed by atoms with Crippen molar-refractivity contribution < 1.29 is 9.53 Å². The number of likely N-dealkylation sites (tertiary alicyclic amines) is 1. The highest BCUT2D eigenvalue weighted by molar-refractivity contribution is 6.30. The van der Waals surface area contributed by atoms with Crippen LogP contribution in [0.5, 0.6) is 5.75 Å². The maximum atomic E-state index is 13.1. The van der Waals surface area contributed by atoms with Crippen LogP contribution in [0, 0.1) is 5.92 Å². The fourth-order valence-corrected chi connectivity index (χ4v) is 6.06. The van der Waals surface area contributed by atoms with Crippen molar-refractivity contribution in [2.45, 2.75) is 50.5 Å². The Kier molecular flexibility index (Phi) is 6.87. The van der Waals surface area contributed by atoms with Crippen LogP contribution in [-0.2, 0) is 0 Å². The number of fused-ring (bicyclic) bond motifs is 3. The Hall–Kier alpha value is -3.32. The van der Waals surface area contributed by atoms with Gasteiger partial charge >= 0.3 is 6.03 Å². The molecule has 1 unspecified atom stereocenters. The molecule has 1 aliphatic heterocycles. The number of piperidine rings is 1. The number of aromatic nitrogens is 3. The summed E-state index contributed by atoms with van der Waals surface area (Å²) in [6, 6.07) is 11.8. The highest BCUT2D eigenvalue weighted by atomic mass is 35.5. The van der Waals surface area contributed by atoms with E-state index >= 15 is 0 Å². The van der Waals surface area contributed by atoms with Gasteiger partial charge in [0.2, 0.25) is 0 Å². The molecule has 37 heavy (non-hydrogen) atoms. The van der Waals surface area contributed by atoms with Gasteiger partial charge in [-0.15, -0.1) is 0 Å². The third kappa shape index (κ3) is 5.23. The topological polar surface area (TPSA) is 83.1 Å². The molecule has 6 rings (SSSR count). The van der Waals surface area contributed by atoms with Crippen LogP contribution in [0.25, 0.3) is 21.9 Å². The summed E-state index contributed by atoms with van der Waals surface area (Å²) in [5.74, 6) is 1.61. The van der Waals surface area contributed by atoms with E-state index in [1.807, 2.05) is 47.6 Å². The molecule has 0 radical (unpaired) electrons. The van der Waals surface area contributed by atoms with Crippen molar-refractivity contribution in [3.63, 3.8) is 0 Å². The van der Waals surface area contributed by atoms with E-state index in [9.17, 15) is 4.79 Å². The fraction of sp³-hybridized carbons (Fsp3) is 0.414. The third-order valence-electron chi connectivity index (χ3n) is 7.91. The number of nitrogens with zero attached hydrogens (tertiary/aromatic N) is 3. The molecule has 4 heterocycles. The maximum Gasteiger partial charge on any atom is 0.317 e. The molecule has 2 N–H and O–H groups in total. The normalized spacial score (nSPS) is 22.3. The van der Waals surface area contributed by atoms with Crippen molar-refractivity contribution in [2.75, 3.05) is 19.7 Å². The molecule has 7 nitrogen and oxygen atoms in total. The van der Waals surface area contributed by atoms with Gasteiger partial charge in [0, 0.05) is 53.2 Å². The molecule has 2 aliphatic rings. The van der Waals surface area contributed by atoms with Crippen LogP contribution < -0.4 is 10.1 Å². The molecule has 0 spiro atoms. The monoisotopic (exact) mass is 517 g/mol. The van der Waals surface area contributed by atoms with Crippen molar-refractivity contribution in [1.29, 1.82) is 0 Å². The molecule has 3 aromatic heterocycles. The average Bonchev–Trinajstić information content (AvgIpc) is 3.38. The lowest BCUT2D eigenvalue weighted by molar-refractivity contribution is 0.133. The number of carbonyl (C=O) groups is 1. The molecule has 1 saturated carbocycles. The predicted octanol–water partition coefficient (Wildman–Crippen LogP) is 6.29. The van der Waals surface area contributed by atoms with Gasteiger partial charge < -0.3 is 19.9 Å². The number of hydrogen-bond acceptors (Lipinski definition) is 4. The molecule has 2 fully saturated rings. The first kappa shape index (κ1) is 24.0. The van der Waals surface area contributed by atoms with Crippen LogP contribution in [0.4, 0.5) is 4.79 Å². The first-order valence-corrected chi connectivity index (χ1v) is 13.7. The number of aromatic amines is 1. The molecule has 1 saturated heterocycles. The van der Waals surface area contributed by atoms with Gasteiger partial charge in [-0.05, 0) is 80.3 Å². The van der Waals surface area contributed by atoms with E-state index < -0.39 is 0 Å². The van der Waals surface area contributed by atoms with E-state index in [0.717, 1.165) is 73.9 Å². The summed E-state index contributed by atoms with van der Waals surface area (Å²) in [5, 5.41) is 6.37. The first-order valence-electron chi connectivity index (χ1n) is 13.3. The number of halogens is 1. The van der Waals surface area contributed by atoms with E-state index in [0.29, 0.717) is 23.5 Å². The Balaban J connectivity index is 1.03. The van der Waals surface area contributed by atoms with Crippen molar-refractivity contribution in [1.82, 2.24) is 25.2 Å². The van der Waals surface area contributed by atoms with Crippen LogP contribution in [0.1, 0.15) is 50.0 Å². The number of urea groups is 1. The van der Waals surface area contributed by atoms with Crippen LogP contribution in [0.2, 0.25) is 5.02 Å². The highest BCUT2D eigenvalue weighted by Crippen LogP contribution is 2.38. The molecule has 4 aromatic rings. The standard InChI is InChI=1S/C29H32ClN5O2/c30-21-7-11-23(12-8-21)37-18-19-3-2-14-35(17-19)29(36)34-22-9-5-20(6-10-22)25-15-32-28-27(25)24-4-1-13-31-26(24)16-33-28/h1,4,7-8,11-13,15-16,19-20,22H,2-3,5-6,9-10,14,17-18H2,(H,32,33)(H,34,36). The lowest BCUT2D eigenvalue weighted by Gasteiger charge is -2.35. The number of amides is 2. The quantitative estimate of drug-likeness (QED) is 0.326. The summed E-state index contributed by atoms with van der Waals surface area (Å²) in [6.07, 6.45) is 11.9. The minimum absolute atomic E-state index is 0.0630. The number of rotatable bonds is 5. The maximum absolute atomic E-state index is 13.1. The summed E-state index contributed by atoms with van der Waals surface area (Å²) < 4.78 is 5.96. The lowest BCUT2D eigenvalue weighted by Crippen LogP contribution is -2.50. The Labute approximate surface area is 221 Å². The van der Waals surface area contributed by atoms with Crippen molar-refractivity contribution >= 4 is 39.6 Å². The lowest BCUT2D eigenvalue weighted by atomic mass is 9.81. The van der Waals surface area contributed by atoms with Crippen LogP contribution >= 0.6 is 11.6 Å². The average molecular weight is 518 g/mol. The zero-order valence-electron chi connectivity index (χ0n) is 20.8. The summed E-state index contributed by atoms with van der Waals surface area (Å²) >= 11 is 5.96. The highest BCUT2D eigenvalue weighted by Gasteiger charge is 2.29. The van der Waals surface area contributed by atoms with Gasteiger partial charge in [-0.3, -0.25) is 4.98 Å². The largest absolute Gasteiger partial charge is 0.493 e. The molecule has 1 aliphatic carbocycles. The van der Waals surface area contributed by atoms with Gasteiger partial charge in [-0.2, -0.15) is 0 Å². The van der Waals surface area contributed by atoms with Crippen molar-refractivity contribution in [3.8, 4) is 5.75 Å². The number of ether oxygens (including phenoxy) is 1. The number of hydrogen-bond donors (Lipinski definition) is 2. The minimum Gasteiger partial charge on any atom is -0.493 e. The molecular weight excluding hydrogens is 486 g/mol. The van der Waals surface area contributed by atoms with Gasteiger partial charge in [0.15, 0.2) is 0 Å². The van der Waals surface area contributed by atoms with Crippen LogP contribution in [0.15, 0.2) is 55.0 Å². The van der Waals surface area contributed by atoms with Gasteiger partial charge in [0.05, 0.1) is 18.3 Å². The summed E-state index contributed by atoms with van der Waals surface area (Å²) in [4.78, 5) is 27.5. The first-order chi connectivity index (χ1) is 18.1. The van der Waals surface area contributed by atoms with Crippen molar-refractivity contribution in [2.24, 2.45) is 5.92 Å². The Morgan fingerprint density at radius 3 is 2.78 bits per heavy atom. The van der Waals surface area contributed by atoms with E-state index in [1.54, 1.807) is 0 Å². The molecule has 192 valence electrons. The van der Waals surface area contributed by atoms with E-state index in [4.69, 9.17) is 16.3 Å². The van der Waals surface area contributed by atoms with E-state index in [1.165, 1.54) is 10.9 Å². The van der Waals surface area contributed by atoms with Gasteiger partial charge in [0.25, 0.3) is 0 Å². The molecular formula is C29H32ClN5O2. The molecule has 1 aromatic carbocycles. The Morgan fingerprint density at radius 1 is 1.11 bits per heavy atom. The third-order valence-corrected chi connectivity index (χ3v) is 8.17. The second-order valence-corrected chi connectivity index (χ2v) is 10.8. The smallest absolute Gasteiger partial charge is 0.317 e. The number of pyridine rings is 2. The molecule has 2 amide bonds. The van der Waals surface area contributed by atoms with E-state index in [-0.39, 0.29) is 12.1 Å². The summed E-state index contributed by atoms with van der Waals surface area (Å²) in [6.45, 7) is 2.15. The Morgan fingerprint density at radius 2 is 1.95 bits per heavy atom. The second-order valence-electron chi connectivity index (χ2n) is 10.4. The van der Waals surface area contributed by atoms with Crippen LogP contribution in [0.3, 0.4) is 0 Å². The van der Waals surface area contributed by atoms with Crippen LogP contribution in [-0.4, -0.2) is 51.6 Å². The fourth-order valence-electron chi connectivity index (χ4n) is 5.94. The number of benzene rings is 1. The molecule has 1 atom stereocenters. The van der Waals surface area contributed by atoms with Gasteiger partial charge in [-0.25, -0.2) is 9.78 Å². The van der Waals surface area contributed by atoms with Gasteiger partial charge in [-0.1, -0.05) is 17.7 Å². The van der Waals surface area contributed by atoms with E-state index in [2.05, 4.69) is 32.5 Å². The second kappa shape index (κ2) is 10.6. The summed E-state index contributed by atoms with van der Waals surface area (Å²) in [7, 11) is 0. The van der Waals surface area contributed by atoms with Gasteiger partial charge in [0.1, 0.15) is 11.4 Å². The minimum atomic E-state index is 0.0630. The Bertz CT molecular complexity index is 1380. The van der Waals surface area contributed by atoms with Crippen molar-refractivity contribution in [3.05, 3.63) is 65.6 Å². The molecule has 8 heteroatoms. The number of nitrogens with one attached hydrogen (secondary N) is 2. The number of H-pyrrole nitrogens is 1. The molecule has 0 bridgehead atoms.